The van der Waals surface area contributed by atoms with E-state index in [2.05, 4.69) is 32.4 Å². The van der Waals surface area contributed by atoms with Crippen LogP contribution in [0.1, 0.15) is 55.7 Å². The Hall–Kier alpha value is -2.58. The normalized spacial score (nSPS) is 17.9. The van der Waals surface area contributed by atoms with Gasteiger partial charge in [0.25, 0.3) is 5.91 Å². The second-order valence-electron chi connectivity index (χ2n) is 7.04. The number of tetrazole rings is 1. The molecule has 0 unspecified atom stereocenters. The van der Waals surface area contributed by atoms with Crippen molar-refractivity contribution in [2.45, 2.75) is 45.2 Å². The highest BCUT2D eigenvalue weighted by molar-refractivity contribution is 5.90. The maximum Gasteiger partial charge on any atom is 0.267 e. The topological polar surface area (TPSA) is 96.2 Å². The second kappa shape index (κ2) is 8.88. The first-order valence-corrected chi connectivity index (χ1v) is 9.31. The van der Waals surface area contributed by atoms with Crippen molar-refractivity contribution >= 4 is 12.0 Å². The number of likely N-dealkylation sites (tertiary alicyclic amines) is 1. The zero-order valence-electron chi connectivity index (χ0n) is 15.7. The van der Waals surface area contributed by atoms with Crippen LogP contribution < -0.4 is 5.48 Å². The average molecular weight is 370 g/mol. The smallest absolute Gasteiger partial charge is 0.267 e. The van der Waals surface area contributed by atoms with E-state index >= 15 is 0 Å². The highest BCUT2D eigenvalue weighted by Crippen LogP contribution is 2.32. The number of carbonyl (C=O) groups is 1. The molecule has 27 heavy (non-hydrogen) atoms. The van der Waals surface area contributed by atoms with E-state index in [1.165, 1.54) is 18.1 Å². The number of amides is 1. The van der Waals surface area contributed by atoms with E-state index in [0.29, 0.717) is 6.04 Å². The summed E-state index contributed by atoms with van der Waals surface area (Å²) in [6.45, 7) is 6.06. The standard InChI is InChI=1S/C19H26N6O2/c1-14(2)25-21-18(20-23-25)11-13-24-12-3-4-17(24)16-8-5-15(6-9-16)7-10-19(26)22-27/h5-10,14,17,27H,3-4,11-13H2,1-2H3,(H,22,26)/b10-7+/t17-/m0/s1. The first-order chi connectivity index (χ1) is 13.1. The Kier molecular flexibility index (Phi) is 6.31. The zero-order valence-corrected chi connectivity index (χ0v) is 15.7. The minimum absolute atomic E-state index is 0.224. The molecule has 0 spiro atoms. The van der Waals surface area contributed by atoms with Crippen molar-refractivity contribution in [3.05, 3.63) is 47.3 Å². The number of nitrogens with one attached hydrogen (secondary N) is 1. The van der Waals surface area contributed by atoms with Gasteiger partial charge < -0.3 is 0 Å². The molecule has 1 amide bonds. The van der Waals surface area contributed by atoms with Crippen LogP contribution in [0, 0.1) is 0 Å². The molecule has 2 heterocycles. The van der Waals surface area contributed by atoms with Crippen molar-refractivity contribution < 1.29 is 10.0 Å². The van der Waals surface area contributed by atoms with Gasteiger partial charge in [0.2, 0.25) is 0 Å². The monoisotopic (exact) mass is 370 g/mol. The van der Waals surface area contributed by atoms with Gasteiger partial charge in [-0.2, -0.15) is 4.80 Å². The van der Waals surface area contributed by atoms with Crippen molar-refractivity contribution in [3.8, 4) is 0 Å². The predicted octanol–water partition coefficient (Wildman–Crippen LogP) is 2.15. The number of aromatic nitrogens is 4. The van der Waals surface area contributed by atoms with Crippen LogP contribution in [0.15, 0.2) is 30.3 Å². The van der Waals surface area contributed by atoms with E-state index < -0.39 is 5.91 Å². The van der Waals surface area contributed by atoms with Crippen molar-refractivity contribution in [1.82, 2.24) is 30.6 Å². The molecule has 144 valence electrons. The fourth-order valence-electron chi connectivity index (χ4n) is 3.33. The van der Waals surface area contributed by atoms with Crippen LogP contribution in [-0.2, 0) is 11.2 Å². The fourth-order valence-corrected chi connectivity index (χ4v) is 3.33. The van der Waals surface area contributed by atoms with Gasteiger partial charge in [0.05, 0.1) is 6.04 Å². The largest absolute Gasteiger partial charge is 0.296 e. The van der Waals surface area contributed by atoms with E-state index in [-0.39, 0.29) is 6.04 Å². The summed E-state index contributed by atoms with van der Waals surface area (Å²) < 4.78 is 0. The lowest BCUT2D eigenvalue weighted by molar-refractivity contribution is -0.124. The second-order valence-corrected chi connectivity index (χ2v) is 7.04. The molecular formula is C19H26N6O2. The van der Waals surface area contributed by atoms with Gasteiger partial charge in [-0.05, 0) is 55.7 Å². The molecular weight excluding hydrogens is 344 g/mol. The maximum atomic E-state index is 11.1. The average Bonchev–Trinajstić information content (AvgIpc) is 3.34. The molecule has 1 aromatic heterocycles. The number of hydrogen-bond acceptors (Lipinski definition) is 6. The summed E-state index contributed by atoms with van der Waals surface area (Å²) in [6, 6.07) is 8.80. The van der Waals surface area contributed by atoms with Gasteiger partial charge in [0.1, 0.15) is 0 Å². The summed E-state index contributed by atoms with van der Waals surface area (Å²) in [5, 5.41) is 21.2. The number of carbonyl (C=O) groups excluding carboxylic acids is 1. The van der Waals surface area contributed by atoms with E-state index in [0.717, 1.165) is 37.3 Å². The van der Waals surface area contributed by atoms with Gasteiger partial charge in [-0.1, -0.05) is 24.3 Å². The summed E-state index contributed by atoms with van der Waals surface area (Å²) in [6.07, 6.45) is 6.07. The van der Waals surface area contributed by atoms with Crippen LogP contribution in [0.4, 0.5) is 0 Å². The van der Waals surface area contributed by atoms with Crippen molar-refractivity contribution in [1.29, 1.82) is 0 Å². The lowest BCUT2D eigenvalue weighted by atomic mass is 10.0. The van der Waals surface area contributed by atoms with E-state index in [1.807, 2.05) is 26.0 Å². The zero-order chi connectivity index (χ0) is 19.2. The lowest BCUT2D eigenvalue weighted by Gasteiger charge is -2.24. The van der Waals surface area contributed by atoms with Crippen LogP contribution in [0.25, 0.3) is 6.08 Å². The molecule has 2 aromatic rings. The SMILES string of the molecule is CC(C)n1nnc(CCN2CCC[C@H]2c2ccc(/C=C/C(=O)NO)cc2)n1. The molecule has 0 saturated carbocycles. The Morgan fingerprint density at radius 1 is 1.37 bits per heavy atom. The molecule has 0 bridgehead atoms. The molecule has 1 aliphatic rings. The van der Waals surface area contributed by atoms with Gasteiger partial charge >= 0.3 is 0 Å². The molecule has 1 atom stereocenters. The number of rotatable bonds is 7. The third-order valence-corrected chi connectivity index (χ3v) is 4.78. The number of hydroxylamine groups is 1. The first kappa shape index (κ1) is 19.2. The molecule has 0 aliphatic carbocycles. The Bertz CT molecular complexity index is 784. The van der Waals surface area contributed by atoms with E-state index in [9.17, 15) is 4.79 Å². The van der Waals surface area contributed by atoms with Gasteiger partial charge in [-0.25, -0.2) is 5.48 Å². The van der Waals surface area contributed by atoms with Gasteiger partial charge in [0.15, 0.2) is 5.82 Å². The Morgan fingerprint density at radius 3 is 2.81 bits per heavy atom. The fraction of sp³-hybridized carbons (Fsp3) is 0.474. The van der Waals surface area contributed by atoms with E-state index in [4.69, 9.17) is 5.21 Å². The van der Waals surface area contributed by atoms with Crippen LogP contribution in [0.2, 0.25) is 0 Å². The highest BCUT2D eigenvalue weighted by Gasteiger charge is 2.25. The lowest BCUT2D eigenvalue weighted by Crippen LogP contribution is -2.26. The number of benzene rings is 1. The minimum atomic E-state index is -0.538. The summed E-state index contributed by atoms with van der Waals surface area (Å²) in [7, 11) is 0. The van der Waals surface area contributed by atoms with Crippen molar-refractivity contribution in [2.24, 2.45) is 0 Å². The molecule has 8 heteroatoms. The van der Waals surface area contributed by atoms with Crippen LogP contribution in [-0.4, -0.2) is 49.3 Å². The Labute approximate surface area is 158 Å². The Morgan fingerprint density at radius 2 is 2.15 bits per heavy atom. The molecule has 2 N–H and O–H groups in total. The van der Waals surface area contributed by atoms with Crippen molar-refractivity contribution in [2.75, 3.05) is 13.1 Å². The van der Waals surface area contributed by atoms with Crippen LogP contribution in [0.5, 0.6) is 0 Å². The first-order valence-electron chi connectivity index (χ1n) is 9.31. The Balaban J connectivity index is 1.60. The third kappa shape index (κ3) is 4.99. The minimum Gasteiger partial charge on any atom is -0.296 e. The molecule has 0 radical (unpaired) electrons. The van der Waals surface area contributed by atoms with Crippen molar-refractivity contribution in [3.63, 3.8) is 0 Å². The quantitative estimate of drug-likeness (QED) is 0.440. The van der Waals surface area contributed by atoms with E-state index in [1.54, 1.807) is 16.4 Å². The van der Waals surface area contributed by atoms with Gasteiger partial charge in [-0.15, -0.1) is 10.2 Å². The molecule has 1 saturated heterocycles. The summed E-state index contributed by atoms with van der Waals surface area (Å²) >= 11 is 0. The number of hydrogen-bond donors (Lipinski definition) is 2. The van der Waals surface area contributed by atoms with Gasteiger partial charge in [-0.3, -0.25) is 14.9 Å². The molecule has 1 fully saturated rings. The molecule has 8 nitrogen and oxygen atoms in total. The third-order valence-electron chi connectivity index (χ3n) is 4.78. The predicted molar refractivity (Wildman–Crippen MR) is 101 cm³/mol. The van der Waals surface area contributed by atoms with Crippen LogP contribution in [0.3, 0.4) is 0 Å². The maximum absolute atomic E-state index is 11.1. The highest BCUT2D eigenvalue weighted by atomic mass is 16.5. The number of nitrogens with zero attached hydrogens (tertiary/aromatic N) is 5. The van der Waals surface area contributed by atoms with Crippen LogP contribution >= 0.6 is 0 Å². The molecule has 1 aromatic carbocycles. The summed E-state index contributed by atoms with van der Waals surface area (Å²) in [5.74, 6) is 0.251. The summed E-state index contributed by atoms with van der Waals surface area (Å²) in [4.78, 5) is 15.2. The molecule has 3 rings (SSSR count). The van der Waals surface area contributed by atoms with Gasteiger partial charge in [0, 0.05) is 25.1 Å². The molecule has 1 aliphatic heterocycles. The summed E-state index contributed by atoms with van der Waals surface area (Å²) in [5.41, 5.74) is 3.77.